The Morgan fingerprint density at radius 1 is 1.09 bits per heavy atom. The molecule has 0 aliphatic rings. The number of carbonyl (C=O) groups is 1. The number of aromatic nitrogens is 1. The summed E-state index contributed by atoms with van der Waals surface area (Å²) >= 11 is 1.74. The first-order chi connectivity index (χ1) is 15.0. The quantitative estimate of drug-likeness (QED) is 0.338. The van der Waals surface area contributed by atoms with Crippen molar-refractivity contribution in [3.63, 3.8) is 0 Å². The molecule has 5 nitrogen and oxygen atoms in total. The number of ether oxygens (including phenoxy) is 2. The monoisotopic (exact) mass is 479 g/mol. The number of hydrogen-bond acceptors (Lipinski definition) is 4. The van der Waals surface area contributed by atoms with Crippen LogP contribution in [0.2, 0.25) is 0 Å². The summed E-state index contributed by atoms with van der Waals surface area (Å²) in [5.41, 5.74) is 4.47. The minimum absolute atomic E-state index is 0. The van der Waals surface area contributed by atoms with Crippen LogP contribution in [0, 0.1) is 6.92 Å². The van der Waals surface area contributed by atoms with E-state index in [1.54, 1.807) is 18.7 Å². The number of rotatable bonds is 11. The van der Waals surface area contributed by atoms with Crippen LogP contribution in [-0.2, 0) is 22.5 Å². The molecule has 0 fully saturated rings. The molecule has 3 aromatic rings. The summed E-state index contributed by atoms with van der Waals surface area (Å²) in [5, 5.41) is 9.23. The number of thioether (sulfide) groups is 1. The Kier molecular flexibility index (Phi) is 11.6. The Labute approximate surface area is 238 Å². The fourth-order valence-corrected chi connectivity index (χ4v) is 3.90. The number of nitrogens with zero attached hydrogens (tertiary/aromatic N) is 1. The molecular weight excluding hydrogens is 449 g/mol. The van der Waals surface area contributed by atoms with E-state index < -0.39 is 12.1 Å². The van der Waals surface area contributed by atoms with Gasteiger partial charge < -0.3 is 20.6 Å². The van der Waals surface area contributed by atoms with Crippen molar-refractivity contribution in [1.82, 2.24) is 4.57 Å². The van der Waals surface area contributed by atoms with Crippen LogP contribution in [0.5, 0.6) is 5.75 Å². The van der Waals surface area contributed by atoms with Crippen LogP contribution >= 0.6 is 11.8 Å². The van der Waals surface area contributed by atoms with E-state index in [0.29, 0.717) is 19.6 Å². The van der Waals surface area contributed by atoms with E-state index in [1.165, 1.54) is 21.8 Å². The van der Waals surface area contributed by atoms with E-state index in [4.69, 9.17) is 9.47 Å². The van der Waals surface area contributed by atoms with E-state index in [2.05, 4.69) is 54.1 Å². The van der Waals surface area contributed by atoms with Gasteiger partial charge in [-0.25, -0.2) is 4.79 Å². The van der Waals surface area contributed by atoms with Crippen molar-refractivity contribution >= 4 is 17.7 Å². The Morgan fingerprint density at radius 2 is 1.78 bits per heavy atom. The van der Waals surface area contributed by atoms with Gasteiger partial charge in [-0.2, -0.15) is 0 Å². The molecule has 0 spiro atoms. The van der Waals surface area contributed by atoms with Gasteiger partial charge in [-0.3, -0.25) is 0 Å². The fraction of sp³-hybridized carbons (Fsp3) is 0.320. The normalized spacial score (nSPS) is 11.6. The maximum atomic E-state index is 11.3. The van der Waals surface area contributed by atoms with Crippen molar-refractivity contribution in [3.05, 3.63) is 71.9 Å². The van der Waals surface area contributed by atoms with Crippen molar-refractivity contribution in [3.8, 4) is 17.0 Å². The third-order valence-electron chi connectivity index (χ3n) is 5.16. The standard InChI is InChI=1S/C25H29NO4S.K.H/c1-4-29-24(25(27)28)17-19-6-10-21(11-7-19)30-16-15-26-18(2)5-14-23(26)20-8-12-22(31-3)13-9-20;;/h5-14,24H,4,15-17H2,1-3H3,(H,27,28);;/q;+1;-1/t24-;;/m0../s1. The van der Waals surface area contributed by atoms with Crippen LogP contribution < -0.4 is 56.1 Å². The predicted molar refractivity (Wildman–Crippen MR) is 126 cm³/mol. The molecule has 1 N–H and O–H groups in total. The number of carboxylic acids is 1. The number of carboxylic acid groups (broad SMARTS) is 1. The summed E-state index contributed by atoms with van der Waals surface area (Å²) in [4.78, 5) is 12.5. The second kappa shape index (κ2) is 13.6. The molecule has 0 unspecified atom stereocenters. The van der Waals surface area contributed by atoms with E-state index in [0.717, 1.165) is 17.9 Å². The average Bonchev–Trinajstić information content (AvgIpc) is 3.15. The molecule has 2 aromatic carbocycles. The molecule has 0 saturated heterocycles. The van der Waals surface area contributed by atoms with Crippen molar-refractivity contribution in [1.29, 1.82) is 0 Å². The molecule has 0 bridgehead atoms. The maximum Gasteiger partial charge on any atom is 1.00 e. The van der Waals surface area contributed by atoms with Crippen LogP contribution in [0.3, 0.4) is 0 Å². The van der Waals surface area contributed by atoms with Gasteiger partial charge in [0.2, 0.25) is 0 Å². The van der Waals surface area contributed by atoms with Gasteiger partial charge in [-0.05, 0) is 67.6 Å². The van der Waals surface area contributed by atoms with E-state index in [1.807, 2.05) is 24.3 Å². The zero-order chi connectivity index (χ0) is 22.2. The molecule has 0 saturated carbocycles. The smallest absolute Gasteiger partial charge is 1.00 e. The average molecular weight is 480 g/mol. The van der Waals surface area contributed by atoms with E-state index >= 15 is 0 Å². The summed E-state index contributed by atoms with van der Waals surface area (Å²) in [5.74, 6) is -0.175. The van der Waals surface area contributed by atoms with E-state index in [9.17, 15) is 9.90 Å². The third-order valence-corrected chi connectivity index (χ3v) is 5.90. The second-order valence-electron chi connectivity index (χ2n) is 7.22. The zero-order valence-electron chi connectivity index (χ0n) is 20.2. The summed E-state index contributed by atoms with van der Waals surface area (Å²) in [7, 11) is 0. The first kappa shape index (κ1) is 27.2. The Bertz CT molecular complexity index is 993. The first-order valence-electron chi connectivity index (χ1n) is 10.4. The Balaban J connectivity index is 0.00000272. The van der Waals surface area contributed by atoms with Gasteiger partial charge in [-0.1, -0.05) is 24.3 Å². The van der Waals surface area contributed by atoms with E-state index in [-0.39, 0.29) is 52.8 Å². The molecule has 1 aromatic heterocycles. The molecule has 0 radical (unpaired) electrons. The molecule has 0 aliphatic heterocycles. The van der Waals surface area contributed by atoms with Gasteiger partial charge in [-0.15, -0.1) is 11.8 Å². The second-order valence-corrected chi connectivity index (χ2v) is 8.10. The van der Waals surface area contributed by atoms with Gasteiger partial charge in [0.25, 0.3) is 0 Å². The summed E-state index contributed by atoms with van der Waals surface area (Å²) in [6.07, 6.45) is 1.59. The summed E-state index contributed by atoms with van der Waals surface area (Å²) in [6.45, 7) is 5.56. The first-order valence-corrected chi connectivity index (χ1v) is 11.6. The molecule has 7 heteroatoms. The molecule has 32 heavy (non-hydrogen) atoms. The van der Waals surface area contributed by atoms with Crippen molar-refractivity contribution in [2.75, 3.05) is 19.5 Å². The summed E-state index contributed by atoms with van der Waals surface area (Å²) < 4.78 is 13.5. The van der Waals surface area contributed by atoms with Crippen LogP contribution in [0.15, 0.2) is 65.6 Å². The zero-order valence-corrected chi connectivity index (χ0v) is 23.1. The molecular formula is C25H30KNO4S. The summed E-state index contributed by atoms with van der Waals surface area (Å²) in [6, 6.07) is 20.4. The molecule has 3 rings (SSSR count). The van der Waals surface area contributed by atoms with Gasteiger partial charge in [0.15, 0.2) is 6.10 Å². The predicted octanol–water partition coefficient (Wildman–Crippen LogP) is 2.41. The number of aliphatic carboxylic acids is 1. The van der Waals surface area contributed by atoms with Crippen LogP contribution in [0.1, 0.15) is 19.6 Å². The third kappa shape index (κ3) is 7.48. The van der Waals surface area contributed by atoms with Gasteiger partial charge >= 0.3 is 57.4 Å². The van der Waals surface area contributed by atoms with Gasteiger partial charge in [0.1, 0.15) is 12.4 Å². The topological polar surface area (TPSA) is 60.7 Å². The van der Waals surface area contributed by atoms with Crippen molar-refractivity contribution in [2.45, 2.75) is 37.8 Å². The molecule has 166 valence electrons. The van der Waals surface area contributed by atoms with Gasteiger partial charge in [0, 0.05) is 29.3 Å². The minimum atomic E-state index is -0.942. The van der Waals surface area contributed by atoms with Crippen molar-refractivity contribution < 1.29 is 72.2 Å². The molecule has 0 amide bonds. The van der Waals surface area contributed by atoms with Crippen LogP contribution in [0.4, 0.5) is 0 Å². The number of benzene rings is 2. The number of hydrogen-bond donors (Lipinski definition) is 1. The molecule has 0 aliphatic carbocycles. The van der Waals surface area contributed by atoms with Crippen LogP contribution in [-0.4, -0.2) is 41.2 Å². The Hall–Kier alpha value is -1.06. The fourth-order valence-electron chi connectivity index (χ4n) is 3.49. The minimum Gasteiger partial charge on any atom is -1.00 e. The molecule has 1 atom stereocenters. The largest absolute Gasteiger partial charge is 1.00 e. The maximum absolute atomic E-state index is 11.3. The molecule has 1 heterocycles. The van der Waals surface area contributed by atoms with Crippen molar-refractivity contribution in [2.24, 2.45) is 0 Å². The SMILES string of the molecule is CCO[C@@H](Cc1ccc(OCCn2c(C)ccc2-c2ccc(SC)cc2)cc1)C(=O)O.[H-].[K+]. The van der Waals surface area contributed by atoms with Gasteiger partial charge in [0.05, 0.1) is 6.54 Å². The van der Waals surface area contributed by atoms with Crippen LogP contribution in [0.25, 0.3) is 11.3 Å². The Morgan fingerprint density at radius 3 is 2.38 bits per heavy atom. The number of aryl methyl sites for hydroxylation is 1.